The van der Waals surface area contributed by atoms with E-state index >= 15 is 0 Å². The molecular weight excluding hydrogens is 278 g/mol. The standard InChI is InChI=1S/C15H14F2N2S/c1-19(9-10-3-2-4-11(16)7-10)14-6-5-12(17)8-13(14)15(18)20/h2-8H,9H2,1H3,(H2,18,20). The Morgan fingerprint density at radius 3 is 2.50 bits per heavy atom. The van der Waals surface area contributed by atoms with Crippen LogP contribution in [0.1, 0.15) is 11.1 Å². The number of benzene rings is 2. The van der Waals surface area contributed by atoms with Gasteiger partial charge >= 0.3 is 0 Å². The van der Waals surface area contributed by atoms with Gasteiger partial charge in [0.25, 0.3) is 0 Å². The Bertz CT molecular complexity index is 644. The summed E-state index contributed by atoms with van der Waals surface area (Å²) in [5.41, 5.74) is 7.61. The van der Waals surface area contributed by atoms with E-state index in [9.17, 15) is 8.78 Å². The van der Waals surface area contributed by atoms with Crippen LogP contribution in [-0.4, -0.2) is 12.0 Å². The highest BCUT2D eigenvalue weighted by Gasteiger charge is 2.11. The fraction of sp³-hybridized carbons (Fsp3) is 0.133. The van der Waals surface area contributed by atoms with Gasteiger partial charge in [-0.3, -0.25) is 0 Å². The summed E-state index contributed by atoms with van der Waals surface area (Å²) >= 11 is 4.94. The van der Waals surface area contributed by atoms with E-state index in [4.69, 9.17) is 18.0 Å². The van der Waals surface area contributed by atoms with Crippen LogP contribution < -0.4 is 10.6 Å². The average molecular weight is 292 g/mol. The van der Waals surface area contributed by atoms with Crippen molar-refractivity contribution in [2.75, 3.05) is 11.9 Å². The summed E-state index contributed by atoms with van der Waals surface area (Å²) in [6.07, 6.45) is 0. The third kappa shape index (κ3) is 3.30. The molecule has 0 atom stereocenters. The maximum Gasteiger partial charge on any atom is 0.124 e. The SMILES string of the molecule is CN(Cc1cccc(F)c1)c1ccc(F)cc1C(N)=S. The molecule has 0 radical (unpaired) electrons. The van der Waals surface area contributed by atoms with Crippen molar-refractivity contribution in [1.29, 1.82) is 0 Å². The Morgan fingerprint density at radius 1 is 1.15 bits per heavy atom. The van der Waals surface area contributed by atoms with Gasteiger partial charge in [-0.2, -0.15) is 0 Å². The second-order valence-electron chi connectivity index (χ2n) is 4.51. The minimum atomic E-state index is -0.393. The van der Waals surface area contributed by atoms with Crippen molar-refractivity contribution in [2.45, 2.75) is 6.54 Å². The summed E-state index contributed by atoms with van der Waals surface area (Å²) in [7, 11) is 1.82. The fourth-order valence-corrected chi connectivity index (χ4v) is 2.20. The van der Waals surface area contributed by atoms with Gasteiger partial charge in [0.1, 0.15) is 16.6 Å². The molecule has 0 amide bonds. The Kier molecular flexibility index (Phi) is 4.29. The average Bonchev–Trinajstić information content (AvgIpc) is 2.38. The Morgan fingerprint density at radius 2 is 1.85 bits per heavy atom. The summed E-state index contributed by atoms with van der Waals surface area (Å²) in [6.45, 7) is 0.471. The number of thiocarbonyl (C=S) groups is 1. The summed E-state index contributed by atoms with van der Waals surface area (Å²) < 4.78 is 26.4. The van der Waals surface area contributed by atoms with E-state index in [1.165, 1.54) is 24.3 Å². The fourth-order valence-electron chi connectivity index (χ4n) is 2.03. The third-order valence-corrected chi connectivity index (χ3v) is 3.16. The van der Waals surface area contributed by atoms with E-state index in [2.05, 4.69) is 0 Å². The Hall–Kier alpha value is -2.01. The van der Waals surface area contributed by atoms with Gasteiger partial charge in [0, 0.05) is 24.8 Å². The molecule has 2 aromatic rings. The molecule has 2 aromatic carbocycles. The van der Waals surface area contributed by atoms with Gasteiger partial charge in [-0.1, -0.05) is 24.4 Å². The van der Waals surface area contributed by atoms with Crippen LogP contribution in [0, 0.1) is 11.6 Å². The molecule has 5 heteroatoms. The van der Waals surface area contributed by atoms with E-state index in [0.29, 0.717) is 17.8 Å². The zero-order valence-corrected chi connectivity index (χ0v) is 11.8. The molecule has 0 aliphatic carbocycles. The van der Waals surface area contributed by atoms with Crippen LogP contribution in [0.3, 0.4) is 0 Å². The number of hydrogen-bond donors (Lipinski definition) is 1. The minimum Gasteiger partial charge on any atom is -0.389 e. The van der Waals surface area contributed by atoms with Crippen LogP contribution in [0.2, 0.25) is 0 Å². The van der Waals surface area contributed by atoms with Crippen molar-refractivity contribution in [2.24, 2.45) is 5.73 Å². The molecule has 0 spiro atoms. The van der Waals surface area contributed by atoms with Crippen molar-refractivity contribution in [3.63, 3.8) is 0 Å². The monoisotopic (exact) mass is 292 g/mol. The van der Waals surface area contributed by atoms with Gasteiger partial charge in [0.2, 0.25) is 0 Å². The van der Waals surface area contributed by atoms with Gasteiger partial charge in [-0.05, 0) is 35.9 Å². The first kappa shape index (κ1) is 14.4. The van der Waals surface area contributed by atoms with Crippen molar-refractivity contribution in [3.05, 3.63) is 65.2 Å². The number of hydrogen-bond acceptors (Lipinski definition) is 2. The molecule has 0 aliphatic heterocycles. The smallest absolute Gasteiger partial charge is 0.124 e. The van der Waals surface area contributed by atoms with E-state index < -0.39 is 5.82 Å². The number of rotatable bonds is 4. The molecule has 0 saturated heterocycles. The van der Waals surface area contributed by atoms with Crippen LogP contribution in [0.4, 0.5) is 14.5 Å². The first-order valence-electron chi connectivity index (χ1n) is 6.02. The molecule has 0 unspecified atom stereocenters. The second kappa shape index (κ2) is 5.96. The lowest BCUT2D eigenvalue weighted by Gasteiger charge is -2.22. The summed E-state index contributed by atoms with van der Waals surface area (Å²) in [4.78, 5) is 1.98. The third-order valence-electron chi connectivity index (χ3n) is 2.94. The van der Waals surface area contributed by atoms with Crippen LogP contribution in [0.5, 0.6) is 0 Å². The van der Waals surface area contributed by atoms with Crippen molar-refractivity contribution < 1.29 is 8.78 Å². The van der Waals surface area contributed by atoms with Crippen molar-refractivity contribution in [1.82, 2.24) is 0 Å². The lowest BCUT2D eigenvalue weighted by Crippen LogP contribution is -2.21. The molecule has 2 nitrogen and oxygen atoms in total. The zero-order chi connectivity index (χ0) is 14.7. The highest BCUT2D eigenvalue weighted by Crippen LogP contribution is 2.22. The predicted octanol–water partition coefficient (Wildman–Crippen LogP) is 3.24. The van der Waals surface area contributed by atoms with Gasteiger partial charge < -0.3 is 10.6 Å². The van der Waals surface area contributed by atoms with Crippen LogP contribution in [0.15, 0.2) is 42.5 Å². The molecule has 0 heterocycles. The van der Waals surface area contributed by atoms with E-state index in [1.54, 1.807) is 12.1 Å². The van der Waals surface area contributed by atoms with Crippen molar-refractivity contribution >= 4 is 22.9 Å². The van der Waals surface area contributed by atoms with E-state index in [-0.39, 0.29) is 10.8 Å². The first-order valence-corrected chi connectivity index (χ1v) is 6.43. The summed E-state index contributed by atoms with van der Waals surface area (Å²) in [5.74, 6) is -0.680. The highest BCUT2D eigenvalue weighted by atomic mass is 32.1. The molecule has 0 saturated carbocycles. The van der Waals surface area contributed by atoms with Gasteiger partial charge in [-0.25, -0.2) is 8.78 Å². The Balaban J connectivity index is 2.29. The van der Waals surface area contributed by atoms with Gasteiger partial charge in [0.05, 0.1) is 0 Å². The van der Waals surface area contributed by atoms with Crippen LogP contribution >= 0.6 is 12.2 Å². The number of nitrogens with two attached hydrogens (primary N) is 1. The molecular formula is C15H14F2N2S. The quantitative estimate of drug-likeness (QED) is 0.877. The molecule has 0 fully saturated rings. The maximum absolute atomic E-state index is 13.3. The molecule has 0 aliphatic rings. The number of anilines is 1. The molecule has 104 valence electrons. The predicted molar refractivity (Wildman–Crippen MR) is 80.8 cm³/mol. The largest absolute Gasteiger partial charge is 0.389 e. The topological polar surface area (TPSA) is 29.3 Å². The molecule has 2 rings (SSSR count). The van der Waals surface area contributed by atoms with Crippen LogP contribution in [0.25, 0.3) is 0 Å². The lowest BCUT2D eigenvalue weighted by atomic mass is 10.1. The molecule has 20 heavy (non-hydrogen) atoms. The molecule has 0 bridgehead atoms. The summed E-state index contributed by atoms with van der Waals surface area (Å²) in [6, 6.07) is 10.6. The molecule has 0 aromatic heterocycles. The maximum atomic E-state index is 13.3. The molecule has 2 N–H and O–H groups in total. The van der Waals surface area contributed by atoms with Crippen molar-refractivity contribution in [3.8, 4) is 0 Å². The van der Waals surface area contributed by atoms with Gasteiger partial charge in [0.15, 0.2) is 0 Å². The number of halogens is 2. The Labute approximate surface area is 121 Å². The normalized spacial score (nSPS) is 10.3. The minimum absolute atomic E-state index is 0.130. The summed E-state index contributed by atoms with van der Waals surface area (Å²) in [5, 5.41) is 0. The first-order chi connectivity index (χ1) is 9.47. The van der Waals surface area contributed by atoms with Crippen LogP contribution in [-0.2, 0) is 6.54 Å². The van der Waals surface area contributed by atoms with E-state index in [0.717, 1.165) is 5.56 Å². The van der Waals surface area contributed by atoms with Gasteiger partial charge in [-0.15, -0.1) is 0 Å². The highest BCUT2D eigenvalue weighted by molar-refractivity contribution is 7.80. The lowest BCUT2D eigenvalue weighted by molar-refractivity contribution is 0.625. The number of nitrogens with zero attached hydrogens (tertiary/aromatic N) is 1. The van der Waals surface area contributed by atoms with E-state index in [1.807, 2.05) is 18.0 Å². The zero-order valence-electron chi connectivity index (χ0n) is 10.9. The second-order valence-corrected chi connectivity index (χ2v) is 4.95.